The molecule has 1 fully saturated rings. The van der Waals surface area contributed by atoms with E-state index in [1.807, 2.05) is 6.92 Å². The Morgan fingerprint density at radius 3 is 2.38 bits per heavy atom. The van der Waals surface area contributed by atoms with Crippen molar-refractivity contribution in [2.75, 3.05) is 0 Å². The summed E-state index contributed by atoms with van der Waals surface area (Å²) in [5.41, 5.74) is 1.29. The van der Waals surface area contributed by atoms with E-state index in [1.54, 1.807) is 23.0 Å². The second-order valence-electron chi connectivity index (χ2n) is 6.03. The molecule has 0 bridgehead atoms. The predicted octanol–water partition coefficient (Wildman–Crippen LogP) is 3.51. The van der Waals surface area contributed by atoms with E-state index >= 15 is 0 Å². The summed E-state index contributed by atoms with van der Waals surface area (Å²) in [6.07, 6.45) is -0.531. The van der Waals surface area contributed by atoms with Gasteiger partial charge in [0.25, 0.3) is 0 Å². The average Bonchev–Trinajstić information content (AvgIpc) is 3.09. The topological polar surface area (TPSA) is 79.7 Å². The Bertz CT molecular complexity index is 853. The molecule has 1 aromatic carbocycles. The Balaban J connectivity index is 2.05. The molecule has 0 aliphatic carbocycles. The molecule has 0 spiro atoms. The van der Waals surface area contributed by atoms with Gasteiger partial charge >= 0.3 is 11.9 Å². The minimum Gasteiger partial charge on any atom is -0.456 e. The van der Waals surface area contributed by atoms with Crippen LogP contribution in [0.4, 0.5) is 0 Å². The Morgan fingerprint density at radius 2 is 1.77 bits per heavy atom. The van der Waals surface area contributed by atoms with Gasteiger partial charge in [0.2, 0.25) is 0 Å². The number of carbonyl (C=O) groups is 2. The summed E-state index contributed by atoms with van der Waals surface area (Å²) in [4.78, 5) is 27.4. The molecular formula is C17H18Cl2N2O5. The minimum absolute atomic E-state index is 0.367. The lowest BCUT2D eigenvalue weighted by molar-refractivity contribution is -0.165. The summed E-state index contributed by atoms with van der Waals surface area (Å²) in [6, 6.07) is 3.31. The molecule has 7 nitrogen and oxygen atoms in total. The Hall–Kier alpha value is -1.83. The van der Waals surface area contributed by atoms with Crippen molar-refractivity contribution in [2.45, 2.75) is 51.7 Å². The maximum absolute atomic E-state index is 11.6. The third kappa shape index (κ3) is 3.51. The monoisotopic (exact) mass is 400 g/mol. The summed E-state index contributed by atoms with van der Waals surface area (Å²) >= 11 is 12.2. The van der Waals surface area contributed by atoms with E-state index in [2.05, 4.69) is 4.98 Å². The van der Waals surface area contributed by atoms with Crippen molar-refractivity contribution >= 4 is 46.2 Å². The van der Waals surface area contributed by atoms with Gasteiger partial charge in [-0.1, -0.05) is 30.1 Å². The number of esters is 2. The maximum Gasteiger partial charge on any atom is 0.303 e. The highest BCUT2D eigenvalue weighted by Gasteiger charge is 2.49. The van der Waals surface area contributed by atoms with Gasteiger partial charge in [-0.3, -0.25) is 9.59 Å². The number of hydrogen-bond acceptors (Lipinski definition) is 6. The molecule has 1 aliphatic heterocycles. The van der Waals surface area contributed by atoms with Crippen LogP contribution in [-0.4, -0.2) is 39.8 Å². The normalized spacial score (nSPS) is 25.4. The molecule has 0 radical (unpaired) electrons. The quantitative estimate of drug-likeness (QED) is 0.730. The smallest absolute Gasteiger partial charge is 0.303 e. The SMILES string of the molecule is CC[C@H]1O[C@@H](n2cnc3cc(Cl)c(Cl)cc32)C(OC(C)=O)[C@H]1OC(C)=O. The molecule has 0 amide bonds. The number of aromatic nitrogens is 2. The van der Waals surface area contributed by atoms with E-state index < -0.39 is 36.5 Å². The van der Waals surface area contributed by atoms with Crippen molar-refractivity contribution in [2.24, 2.45) is 0 Å². The van der Waals surface area contributed by atoms with Crippen LogP contribution in [0.15, 0.2) is 18.5 Å². The highest BCUT2D eigenvalue weighted by molar-refractivity contribution is 6.42. The third-order valence-electron chi connectivity index (χ3n) is 4.18. The number of imidazole rings is 1. The Kier molecular flexibility index (Phi) is 5.41. The second kappa shape index (κ2) is 7.42. The molecule has 26 heavy (non-hydrogen) atoms. The van der Waals surface area contributed by atoms with E-state index in [9.17, 15) is 9.59 Å². The van der Waals surface area contributed by atoms with Crippen LogP contribution in [0.1, 0.15) is 33.4 Å². The van der Waals surface area contributed by atoms with Crippen LogP contribution in [0, 0.1) is 0 Å². The highest BCUT2D eigenvalue weighted by Crippen LogP contribution is 2.38. The number of ether oxygens (including phenoxy) is 3. The first kappa shape index (κ1) is 18.9. The van der Waals surface area contributed by atoms with Crippen molar-refractivity contribution in [3.63, 3.8) is 0 Å². The van der Waals surface area contributed by atoms with E-state index in [4.69, 9.17) is 37.4 Å². The van der Waals surface area contributed by atoms with Crippen molar-refractivity contribution in [1.29, 1.82) is 0 Å². The van der Waals surface area contributed by atoms with Crippen molar-refractivity contribution in [3.05, 3.63) is 28.5 Å². The Labute approximate surface area is 160 Å². The zero-order chi connectivity index (χ0) is 19.0. The largest absolute Gasteiger partial charge is 0.456 e. The summed E-state index contributed by atoms with van der Waals surface area (Å²) < 4.78 is 18.6. The van der Waals surface area contributed by atoms with Crippen LogP contribution in [0.25, 0.3) is 11.0 Å². The van der Waals surface area contributed by atoms with Crippen LogP contribution >= 0.6 is 23.2 Å². The van der Waals surface area contributed by atoms with Gasteiger partial charge in [-0.2, -0.15) is 0 Å². The third-order valence-corrected chi connectivity index (χ3v) is 4.91. The maximum atomic E-state index is 11.6. The number of halogens is 2. The summed E-state index contributed by atoms with van der Waals surface area (Å²) in [5, 5.41) is 0.754. The molecule has 2 heterocycles. The second-order valence-corrected chi connectivity index (χ2v) is 6.84. The standard InChI is InChI=1S/C17H18Cl2N2O5/c1-4-14-15(24-8(2)22)16(25-9(3)23)17(26-14)21-7-20-12-5-10(18)11(19)6-13(12)21/h5-7,14-17H,4H2,1-3H3/t14-,15+,16?,17-/m1/s1. The lowest BCUT2D eigenvalue weighted by Crippen LogP contribution is -2.38. The fourth-order valence-electron chi connectivity index (χ4n) is 3.14. The number of fused-ring (bicyclic) bond motifs is 1. The average molecular weight is 401 g/mol. The van der Waals surface area contributed by atoms with Crippen LogP contribution < -0.4 is 0 Å². The zero-order valence-corrected chi connectivity index (χ0v) is 16.0. The van der Waals surface area contributed by atoms with E-state index in [0.29, 0.717) is 27.5 Å². The van der Waals surface area contributed by atoms with E-state index in [0.717, 1.165) is 0 Å². The van der Waals surface area contributed by atoms with Crippen molar-refractivity contribution in [3.8, 4) is 0 Å². The molecule has 2 aromatic rings. The summed E-state index contributed by atoms with van der Waals surface area (Å²) in [6.45, 7) is 4.50. The molecule has 3 rings (SSSR count). The van der Waals surface area contributed by atoms with Gasteiger partial charge in [0.05, 0.1) is 27.4 Å². The molecule has 0 N–H and O–H groups in total. The number of hydrogen-bond donors (Lipinski definition) is 0. The molecule has 9 heteroatoms. The molecule has 1 aliphatic rings. The molecule has 1 unspecified atom stereocenters. The first-order chi connectivity index (χ1) is 12.3. The van der Waals surface area contributed by atoms with Gasteiger partial charge in [-0.05, 0) is 18.6 Å². The fourth-order valence-corrected chi connectivity index (χ4v) is 3.45. The molecule has 1 saturated heterocycles. The molecule has 0 saturated carbocycles. The highest BCUT2D eigenvalue weighted by atomic mass is 35.5. The van der Waals surface area contributed by atoms with Gasteiger partial charge in [0.15, 0.2) is 18.4 Å². The predicted molar refractivity (Wildman–Crippen MR) is 95.1 cm³/mol. The van der Waals surface area contributed by atoms with Crippen LogP contribution in [-0.2, 0) is 23.8 Å². The number of carbonyl (C=O) groups excluding carboxylic acids is 2. The Morgan fingerprint density at radius 1 is 1.15 bits per heavy atom. The first-order valence-electron chi connectivity index (χ1n) is 8.13. The van der Waals surface area contributed by atoms with Gasteiger partial charge in [-0.25, -0.2) is 4.98 Å². The lowest BCUT2D eigenvalue weighted by Gasteiger charge is -2.23. The van der Waals surface area contributed by atoms with E-state index in [1.165, 1.54) is 13.8 Å². The van der Waals surface area contributed by atoms with Gasteiger partial charge in [-0.15, -0.1) is 0 Å². The fraction of sp³-hybridized carbons (Fsp3) is 0.471. The van der Waals surface area contributed by atoms with Gasteiger partial charge in [0.1, 0.15) is 6.10 Å². The number of rotatable bonds is 4. The lowest BCUT2D eigenvalue weighted by atomic mass is 10.1. The van der Waals surface area contributed by atoms with E-state index in [-0.39, 0.29) is 0 Å². The number of nitrogens with zero attached hydrogens (tertiary/aromatic N) is 2. The first-order valence-corrected chi connectivity index (χ1v) is 8.89. The summed E-state index contributed by atoms with van der Waals surface area (Å²) in [5.74, 6) is -0.969. The van der Waals surface area contributed by atoms with Crippen molar-refractivity contribution < 1.29 is 23.8 Å². The summed E-state index contributed by atoms with van der Waals surface area (Å²) in [7, 11) is 0. The molecule has 1 aromatic heterocycles. The molecule has 4 atom stereocenters. The molecular weight excluding hydrogens is 383 g/mol. The van der Waals surface area contributed by atoms with Crippen LogP contribution in [0.5, 0.6) is 0 Å². The van der Waals surface area contributed by atoms with Crippen molar-refractivity contribution in [1.82, 2.24) is 9.55 Å². The van der Waals surface area contributed by atoms with Gasteiger partial charge in [0, 0.05) is 13.8 Å². The minimum atomic E-state index is -0.812. The number of benzene rings is 1. The van der Waals surface area contributed by atoms with Gasteiger partial charge < -0.3 is 18.8 Å². The van der Waals surface area contributed by atoms with Crippen LogP contribution in [0.2, 0.25) is 10.0 Å². The zero-order valence-electron chi connectivity index (χ0n) is 14.4. The molecule has 140 valence electrons. The van der Waals surface area contributed by atoms with Crippen LogP contribution in [0.3, 0.4) is 0 Å².